The molecule has 0 heterocycles. The molecule has 0 aliphatic carbocycles. The fourth-order valence-corrected chi connectivity index (χ4v) is 2.15. The summed E-state index contributed by atoms with van der Waals surface area (Å²) in [5.41, 5.74) is 6.91. The van der Waals surface area contributed by atoms with Crippen molar-refractivity contribution < 1.29 is 4.79 Å². The largest absolute Gasteiger partial charge is 0.340 e. The Balaban J connectivity index is 0.00000400. The highest BCUT2D eigenvalue weighted by Crippen LogP contribution is 2.13. The van der Waals surface area contributed by atoms with Crippen LogP contribution < -0.4 is 5.73 Å². The van der Waals surface area contributed by atoms with Gasteiger partial charge in [0.1, 0.15) is 0 Å². The second-order valence-electron chi connectivity index (χ2n) is 6.28. The summed E-state index contributed by atoms with van der Waals surface area (Å²) in [4.78, 5) is 16.0. The summed E-state index contributed by atoms with van der Waals surface area (Å²) in [6.07, 6.45) is 0. The maximum absolute atomic E-state index is 12.2. The molecule has 2 N–H and O–H groups in total. The molecule has 1 aromatic carbocycles. The van der Waals surface area contributed by atoms with Crippen LogP contribution in [-0.4, -0.2) is 49.4 Å². The SMILES string of the molecule is CN(CC(=O)N(C)Cc1ccccc1)CC(C)(C)CN.Cl. The first-order chi connectivity index (χ1) is 9.34. The van der Waals surface area contributed by atoms with E-state index < -0.39 is 0 Å². The van der Waals surface area contributed by atoms with E-state index in [9.17, 15) is 4.79 Å². The highest BCUT2D eigenvalue weighted by Gasteiger charge is 2.20. The number of rotatable bonds is 7. The highest BCUT2D eigenvalue weighted by atomic mass is 35.5. The van der Waals surface area contributed by atoms with E-state index in [2.05, 4.69) is 13.8 Å². The Morgan fingerprint density at radius 3 is 2.29 bits per heavy atom. The van der Waals surface area contributed by atoms with E-state index in [4.69, 9.17) is 5.73 Å². The van der Waals surface area contributed by atoms with Crippen LogP contribution in [0.5, 0.6) is 0 Å². The van der Waals surface area contributed by atoms with Crippen molar-refractivity contribution >= 4 is 18.3 Å². The average molecular weight is 314 g/mol. The van der Waals surface area contributed by atoms with Crippen LogP contribution in [0.1, 0.15) is 19.4 Å². The topological polar surface area (TPSA) is 49.6 Å². The molecule has 5 heteroatoms. The van der Waals surface area contributed by atoms with Crippen molar-refractivity contribution in [3.8, 4) is 0 Å². The van der Waals surface area contributed by atoms with Gasteiger partial charge in [-0.1, -0.05) is 44.2 Å². The molecular weight excluding hydrogens is 286 g/mol. The molecule has 1 amide bonds. The molecule has 0 saturated carbocycles. The third kappa shape index (κ3) is 7.46. The van der Waals surface area contributed by atoms with Crippen LogP contribution in [0, 0.1) is 5.41 Å². The first kappa shape index (κ1) is 19.9. The molecule has 0 aromatic heterocycles. The quantitative estimate of drug-likeness (QED) is 0.837. The molecule has 1 rings (SSSR count). The Morgan fingerprint density at radius 2 is 1.76 bits per heavy atom. The van der Waals surface area contributed by atoms with Crippen LogP contribution >= 0.6 is 12.4 Å². The Bertz CT molecular complexity index is 423. The molecule has 0 spiro atoms. The van der Waals surface area contributed by atoms with E-state index >= 15 is 0 Å². The zero-order chi connectivity index (χ0) is 15.2. The number of hydrogen-bond donors (Lipinski definition) is 1. The predicted molar refractivity (Wildman–Crippen MR) is 90.5 cm³/mol. The summed E-state index contributed by atoms with van der Waals surface area (Å²) in [6.45, 7) is 6.73. The van der Waals surface area contributed by atoms with Gasteiger partial charge >= 0.3 is 0 Å². The van der Waals surface area contributed by atoms with Gasteiger partial charge in [-0.3, -0.25) is 9.69 Å². The van der Waals surface area contributed by atoms with Crippen molar-refractivity contribution in [3.63, 3.8) is 0 Å². The van der Waals surface area contributed by atoms with Gasteiger partial charge in [0, 0.05) is 20.1 Å². The Hall–Kier alpha value is -1.10. The lowest BCUT2D eigenvalue weighted by molar-refractivity contribution is -0.131. The Morgan fingerprint density at radius 1 is 1.19 bits per heavy atom. The van der Waals surface area contributed by atoms with Crippen molar-refractivity contribution in [3.05, 3.63) is 35.9 Å². The summed E-state index contributed by atoms with van der Waals surface area (Å²) in [7, 11) is 3.81. The number of hydrogen-bond acceptors (Lipinski definition) is 3. The minimum atomic E-state index is 0. The molecule has 1 aromatic rings. The third-order valence-corrected chi connectivity index (χ3v) is 3.34. The fraction of sp³-hybridized carbons (Fsp3) is 0.562. The van der Waals surface area contributed by atoms with Crippen molar-refractivity contribution in [2.75, 3.05) is 33.7 Å². The second-order valence-corrected chi connectivity index (χ2v) is 6.28. The number of benzene rings is 1. The van der Waals surface area contributed by atoms with Crippen molar-refractivity contribution in [1.82, 2.24) is 9.80 Å². The van der Waals surface area contributed by atoms with Crippen LogP contribution in [0.25, 0.3) is 0 Å². The van der Waals surface area contributed by atoms with Gasteiger partial charge in [-0.15, -0.1) is 12.4 Å². The molecule has 0 radical (unpaired) electrons. The number of nitrogens with two attached hydrogens (primary N) is 1. The average Bonchev–Trinajstić information content (AvgIpc) is 2.39. The number of carbonyl (C=O) groups is 1. The van der Waals surface area contributed by atoms with Gasteiger partial charge in [0.2, 0.25) is 5.91 Å². The predicted octanol–water partition coefficient (Wildman–Crippen LogP) is 1.98. The summed E-state index contributed by atoms with van der Waals surface area (Å²) in [6, 6.07) is 10.0. The molecule has 0 bridgehead atoms. The number of likely N-dealkylation sites (N-methyl/N-ethyl adjacent to an activating group) is 2. The first-order valence-corrected chi connectivity index (χ1v) is 7.00. The number of halogens is 1. The van der Waals surface area contributed by atoms with E-state index in [-0.39, 0.29) is 23.7 Å². The molecule has 0 aliphatic heterocycles. The van der Waals surface area contributed by atoms with E-state index in [1.165, 1.54) is 0 Å². The van der Waals surface area contributed by atoms with E-state index in [0.717, 1.165) is 12.1 Å². The van der Waals surface area contributed by atoms with Gasteiger partial charge in [0.25, 0.3) is 0 Å². The number of nitrogens with zero attached hydrogens (tertiary/aromatic N) is 2. The minimum absolute atomic E-state index is 0. The monoisotopic (exact) mass is 313 g/mol. The van der Waals surface area contributed by atoms with Crippen molar-refractivity contribution in [2.24, 2.45) is 11.1 Å². The van der Waals surface area contributed by atoms with Gasteiger partial charge in [-0.05, 0) is 24.6 Å². The minimum Gasteiger partial charge on any atom is -0.340 e. The van der Waals surface area contributed by atoms with E-state index in [1.807, 2.05) is 49.3 Å². The van der Waals surface area contributed by atoms with Gasteiger partial charge in [0.15, 0.2) is 0 Å². The van der Waals surface area contributed by atoms with E-state index in [1.54, 1.807) is 4.90 Å². The first-order valence-electron chi connectivity index (χ1n) is 7.00. The Kier molecular flexibility index (Phi) is 8.55. The van der Waals surface area contributed by atoms with Gasteiger partial charge < -0.3 is 10.6 Å². The molecule has 0 unspecified atom stereocenters. The van der Waals surface area contributed by atoms with Gasteiger partial charge in [-0.2, -0.15) is 0 Å². The normalized spacial score (nSPS) is 11.1. The summed E-state index contributed by atoms with van der Waals surface area (Å²) < 4.78 is 0. The van der Waals surface area contributed by atoms with Crippen LogP contribution in [-0.2, 0) is 11.3 Å². The van der Waals surface area contributed by atoms with Gasteiger partial charge in [-0.25, -0.2) is 0 Å². The molecule has 0 aliphatic rings. The Labute approximate surface area is 134 Å². The van der Waals surface area contributed by atoms with Crippen LogP contribution in [0.3, 0.4) is 0 Å². The van der Waals surface area contributed by atoms with Gasteiger partial charge in [0.05, 0.1) is 6.54 Å². The van der Waals surface area contributed by atoms with Crippen molar-refractivity contribution in [2.45, 2.75) is 20.4 Å². The number of amides is 1. The third-order valence-electron chi connectivity index (χ3n) is 3.34. The molecular formula is C16H28ClN3O. The zero-order valence-corrected chi connectivity index (χ0v) is 14.3. The summed E-state index contributed by atoms with van der Waals surface area (Å²) in [5.74, 6) is 0.129. The molecule has 120 valence electrons. The van der Waals surface area contributed by atoms with Crippen LogP contribution in [0.15, 0.2) is 30.3 Å². The standard InChI is InChI=1S/C16H27N3O.ClH/c1-16(2,12-17)13-18(3)11-15(20)19(4)10-14-8-6-5-7-9-14;/h5-9H,10-13,17H2,1-4H3;1H. The number of carbonyl (C=O) groups excluding carboxylic acids is 1. The van der Waals surface area contributed by atoms with Crippen molar-refractivity contribution in [1.29, 1.82) is 0 Å². The maximum Gasteiger partial charge on any atom is 0.236 e. The fourth-order valence-electron chi connectivity index (χ4n) is 2.15. The smallest absolute Gasteiger partial charge is 0.236 e. The molecule has 0 saturated heterocycles. The van der Waals surface area contributed by atoms with E-state index in [0.29, 0.717) is 19.6 Å². The molecule has 0 fully saturated rings. The van der Waals surface area contributed by atoms with Crippen LogP contribution in [0.2, 0.25) is 0 Å². The maximum atomic E-state index is 12.2. The molecule has 21 heavy (non-hydrogen) atoms. The lowest BCUT2D eigenvalue weighted by atomic mass is 9.93. The summed E-state index contributed by atoms with van der Waals surface area (Å²) >= 11 is 0. The van der Waals surface area contributed by atoms with Crippen LogP contribution in [0.4, 0.5) is 0 Å². The molecule has 4 nitrogen and oxygen atoms in total. The zero-order valence-electron chi connectivity index (χ0n) is 13.5. The molecule has 0 atom stereocenters. The highest BCUT2D eigenvalue weighted by molar-refractivity contribution is 5.85. The summed E-state index contributed by atoms with van der Waals surface area (Å²) in [5, 5.41) is 0. The second kappa shape index (κ2) is 9.03. The lowest BCUT2D eigenvalue weighted by Crippen LogP contribution is -2.42. The lowest BCUT2D eigenvalue weighted by Gasteiger charge is -2.29.